The van der Waals surface area contributed by atoms with E-state index in [2.05, 4.69) is 4.99 Å². The molecule has 0 aromatic heterocycles. The lowest BCUT2D eigenvalue weighted by molar-refractivity contribution is -0.250. The fourth-order valence-corrected chi connectivity index (χ4v) is 0.827. The van der Waals surface area contributed by atoms with Crippen molar-refractivity contribution >= 4 is 5.84 Å². The first-order chi connectivity index (χ1) is 5.99. The van der Waals surface area contributed by atoms with Gasteiger partial charge in [0, 0.05) is 5.56 Å². The molecule has 0 fully saturated rings. The zero-order valence-corrected chi connectivity index (χ0v) is 6.68. The predicted octanol–water partition coefficient (Wildman–Crippen LogP) is -0.0427. The number of aliphatic imine (C=N–C) groups is 1. The van der Waals surface area contributed by atoms with Gasteiger partial charge in [-0.05, 0) is 0 Å². The van der Waals surface area contributed by atoms with E-state index in [4.69, 9.17) is 15.9 Å². The topological polar surface area (TPSA) is 78.8 Å². The monoisotopic (exact) mass is 184 g/mol. The van der Waals surface area contributed by atoms with Gasteiger partial charge in [-0.1, -0.05) is 30.3 Å². The molecule has 1 rings (SSSR count). The van der Waals surface area contributed by atoms with E-state index in [-0.39, 0.29) is 5.84 Å². The summed E-state index contributed by atoms with van der Waals surface area (Å²) in [7, 11) is 0. The van der Waals surface area contributed by atoms with Gasteiger partial charge >= 0.3 is 6.16 Å². The van der Waals surface area contributed by atoms with E-state index in [1.807, 2.05) is 0 Å². The standard InChI is InChI=1S/C8H9FN2O2/c9-8(12,13)11-7(10)6-4-2-1-3-5-6/h1-5,12-13H,(H2,10,11). The molecule has 0 saturated heterocycles. The Labute approximate surface area is 74.2 Å². The lowest BCUT2D eigenvalue weighted by atomic mass is 10.2. The van der Waals surface area contributed by atoms with E-state index in [1.165, 1.54) is 0 Å². The lowest BCUT2D eigenvalue weighted by Crippen LogP contribution is -2.24. The molecule has 0 bridgehead atoms. The molecule has 0 heterocycles. The zero-order chi connectivity index (χ0) is 9.90. The lowest BCUT2D eigenvalue weighted by Gasteiger charge is -2.06. The van der Waals surface area contributed by atoms with Crippen LogP contribution in [-0.4, -0.2) is 22.2 Å². The van der Waals surface area contributed by atoms with Crippen LogP contribution in [0.4, 0.5) is 4.39 Å². The van der Waals surface area contributed by atoms with E-state index >= 15 is 0 Å². The Kier molecular flexibility index (Phi) is 2.60. The fourth-order valence-electron chi connectivity index (χ4n) is 0.827. The first-order valence-electron chi connectivity index (χ1n) is 3.53. The number of hydrogen-bond acceptors (Lipinski definition) is 3. The van der Waals surface area contributed by atoms with Crippen molar-refractivity contribution < 1.29 is 14.6 Å². The van der Waals surface area contributed by atoms with Crippen LogP contribution in [0.1, 0.15) is 5.56 Å². The molecule has 0 radical (unpaired) electrons. The molecule has 0 saturated carbocycles. The highest BCUT2D eigenvalue weighted by atomic mass is 19.2. The molecule has 4 nitrogen and oxygen atoms in total. The van der Waals surface area contributed by atoms with Crippen LogP contribution in [0.5, 0.6) is 0 Å². The number of nitrogens with zero attached hydrogens (tertiary/aromatic N) is 1. The number of benzene rings is 1. The van der Waals surface area contributed by atoms with Crippen molar-refractivity contribution in [3.63, 3.8) is 0 Å². The molecule has 0 aliphatic heterocycles. The number of hydrogen-bond donors (Lipinski definition) is 3. The summed E-state index contributed by atoms with van der Waals surface area (Å²) in [5, 5.41) is 16.5. The number of amidine groups is 1. The Bertz CT molecular complexity index is 306. The molecule has 13 heavy (non-hydrogen) atoms. The first-order valence-corrected chi connectivity index (χ1v) is 3.53. The SMILES string of the molecule is N/C(=N\C(O)(O)F)c1ccccc1. The largest absolute Gasteiger partial charge is 0.427 e. The van der Waals surface area contributed by atoms with Gasteiger partial charge in [0.2, 0.25) is 0 Å². The molecule has 0 amide bonds. The van der Waals surface area contributed by atoms with Gasteiger partial charge in [-0.3, -0.25) is 0 Å². The number of rotatable bonds is 2. The Morgan fingerprint density at radius 2 is 1.85 bits per heavy atom. The minimum Gasteiger partial charge on any atom is -0.383 e. The summed E-state index contributed by atoms with van der Waals surface area (Å²) in [5.41, 5.74) is 5.69. The highest BCUT2D eigenvalue weighted by Crippen LogP contribution is 2.05. The van der Waals surface area contributed by atoms with Crippen molar-refractivity contribution in [1.29, 1.82) is 0 Å². The van der Waals surface area contributed by atoms with Crippen LogP contribution in [0.15, 0.2) is 35.3 Å². The maximum atomic E-state index is 12.2. The molecule has 1 aromatic carbocycles. The Balaban J connectivity index is 2.92. The minimum atomic E-state index is -3.61. The van der Waals surface area contributed by atoms with Crippen molar-refractivity contribution in [2.24, 2.45) is 10.7 Å². The van der Waals surface area contributed by atoms with Crippen molar-refractivity contribution in [3.05, 3.63) is 35.9 Å². The van der Waals surface area contributed by atoms with E-state index in [9.17, 15) is 4.39 Å². The van der Waals surface area contributed by atoms with Crippen LogP contribution < -0.4 is 5.73 Å². The molecule has 0 atom stereocenters. The summed E-state index contributed by atoms with van der Waals surface area (Å²) in [6.07, 6.45) is -3.61. The molecule has 0 aliphatic carbocycles. The third kappa shape index (κ3) is 3.18. The average molecular weight is 184 g/mol. The predicted molar refractivity (Wildman–Crippen MR) is 45.4 cm³/mol. The molecule has 5 heteroatoms. The number of halogens is 1. The maximum Gasteiger partial charge on any atom is 0.427 e. The van der Waals surface area contributed by atoms with Gasteiger partial charge < -0.3 is 15.9 Å². The maximum absolute atomic E-state index is 12.2. The zero-order valence-electron chi connectivity index (χ0n) is 6.68. The molecule has 70 valence electrons. The Hall–Kier alpha value is -1.46. The number of aliphatic hydroxyl groups is 2. The van der Waals surface area contributed by atoms with Crippen LogP contribution >= 0.6 is 0 Å². The summed E-state index contributed by atoms with van der Waals surface area (Å²) in [4.78, 5) is 2.82. The quantitative estimate of drug-likeness (QED) is 0.261. The van der Waals surface area contributed by atoms with Crippen molar-refractivity contribution in [2.75, 3.05) is 0 Å². The van der Waals surface area contributed by atoms with Gasteiger partial charge in [-0.25, -0.2) is 0 Å². The third-order valence-electron chi connectivity index (χ3n) is 1.33. The van der Waals surface area contributed by atoms with Crippen LogP contribution in [-0.2, 0) is 0 Å². The van der Waals surface area contributed by atoms with Crippen LogP contribution in [0.2, 0.25) is 0 Å². The molecule has 1 aromatic rings. The highest BCUT2D eigenvalue weighted by Gasteiger charge is 2.19. The molecular formula is C8H9FN2O2. The Morgan fingerprint density at radius 3 is 2.31 bits per heavy atom. The third-order valence-corrected chi connectivity index (χ3v) is 1.33. The van der Waals surface area contributed by atoms with Gasteiger partial charge in [-0.2, -0.15) is 9.38 Å². The second-order valence-electron chi connectivity index (χ2n) is 2.42. The smallest absolute Gasteiger partial charge is 0.383 e. The van der Waals surface area contributed by atoms with Crippen molar-refractivity contribution in [1.82, 2.24) is 0 Å². The van der Waals surface area contributed by atoms with Gasteiger partial charge in [0.15, 0.2) is 0 Å². The van der Waals surface area contributed by atoms with Gasteiger partial charge in [0.25, 0.3) is 0 Å². The van der Waals surface area contributed by atoms with E-state index < -0.39 is 6.16 Å². The van der Waals surface area contributed by atoms with Crippen LogP contribution in [0, 0.1) is 0 Å². The summed E-state index contributed by atoms with van der Waals surface area (Å²) in [5.74, 6) is -0.270. The van der Waals surface area contributed by atoms with Crippen molar-refractivity contribution in [2.45, 2.75) is 6.16 Å². The normalized spacial score (nSPS) is 13.0. The second-order valence-corrected chi connectivity index (χ2v) is 2.42. The van der Waals surface area contributed by atoms with E-state index in [0.717, 1.165) is 0 Å². The molecule has 0 aliphatic rings. The number of alkyl halides is 1. The van der Waals surface area contributed by atoms with Crippen LogP contribution in [0.25, 0.3) is 0 Å². The molecule has 0 spiro atoms. The van der Waals surface area contributed by atoms with E-state index in [0.29, 0.717) is 5.56 Å². The van der Waals surface area contributed by atoms with E-state index in [1.54, 1.807) is 30.3 Å². The van der Waals surface area contributed by atoms with Gasteiger partial charge in [0.1, 0.15) is 5.84 Å². The van der Waals surface area contributed by atoms with Crippen LogP contribution in [0.3, 0.4) is 0 Å². The highest BCUT2D eigenvalue weighted by molar-refractivity contribution is 5.97. The fraction of sp³-hybridized carbons (Fsp3) is 0.125. The molecule has 4 N–H and O–H groups in total. The van der Waals surface area contributed by atoms with Crippen molar-refractivity contribution in [3.8, 4) is 0 Å². The number of nitrogens with two attached hydrogens (primary N) is 1. The van der Waals surface area contributed by atoms with Gasteiger partial charge in [0.05, 0.1) is 0 Å². The first kappa shape index (κ1) is 9.63. The summed E-state index contributed by atoms with van der Waals surface area (Å²) >= 11 is 0. The second kappa shape index (κ2) is 3.51. The summed E-state index contributed by atoms with van der Waals surface area (Å²) < 4.78 is 12.2. The summed E-state index contributed by atoms with van der Waals surface area (Å²) in [6.45, 7) is 0. The molecule has 0 unspecified atom stereocenters. The summed E-state index contributed by atoms with van der Waals surface area (Å²) in [6, 6.07) is 8.24. The minimum absolute atomic E-state index is 0.270. The Morgan fingerprint density at radius 1 is 1.31 bits per heavy atom. The molecular weight excluding hydrogens is 175 g/mol. The van der Waals surface area contributed by atoms with Gasteiger partial charge in [-0.15, -0.1) is 0 Å². The average Bonchev–Trinajstić information content (AvgIpc) is 2.03.